The lowest BCUT2D eigenvalue weighted by Gasteiger charge is -2.29. The van der Waals surface area contributed by atoms with Crippen LogP contribution in [-0.2, 0) is 9.84 Å². The zero-order chi connectivity index (χ0) is 17.0. The lowest BCUT2D eigenvalue weighted by atomic mass is 9.93. The molecule has 0 unspecified atom stereocenters. The highest BCUT2D eigenvalue weighted by Crippen LogP contribution is 2.21. The number of nitrogens with two attached hydrogens (primary N) is 1. The first-order chi connectivity index (χ1) is 10.1. The minimum Gasteiger partial charge on any atom is -0.341 e. The maximum Gasteiger partial charge on any atom is 0.254 e. The molecular formula is C16H26N2O3S. The topological polar surface area (TPSA) is 80.5 Å². The molecule has 6 heteroatoms. The second-order valence-electron chi connectivity index (χ2n) is 6.34. The summed E-state index contributed by atoms with van der Waals surface area (Å²) in [5.74, 6) is -0.258. The Morgan fingerprint density at radius 3 is 2.41 bits per heavy atom. The number of benzene rings is 1. The lowest BCUT2D eigenvalue weighted by Crippen LogP contribution is -2.40. The van der Waals surface area contributed by atoms with E-state index in [-0.39, 0.29) is 27.5 Å². The predicted molar refractivity (Wildman–Crippen MR) is 88.6 cm³/mol. The van der Waals surface area contributed by atoms with E-state index in [1.807, 2.05) is 13.8 Å². The van der Waals surface area contributed by atoms with Crippen LogP contribution in [-0.4, -0.2) is 45.1 Å². The van der Waals surface area contributed by atoms with Crippen molar-refractivity contribution in [2.45, 2.75) is 32.1 Å². The molecule has 22 heavy (non-hydrogen) atoms. The molecule has 1 rings (SSSR count). The van der Waals surface area contributed by atoms with E-state index in [9.17, 15) is 13.2 Å². The van der Waals surface area contributed by atoms with E-state index in [0.717, 1.165) is 0 Å². The molecule has 0 aliphatic carbocycles. The molecule has 0 heterocycles. The molecule has 0 spiro atoms. The Kier molecular flexibility index (Phi) is 6.14. The van der Waals surface area contributed by atoms with Crippen LogP contribution in [0.1, 0.15) is 37.6 Å². The van der Waals surface area contributed by atoms with Gasteiger partial charge in [-0.1, -0.05) is 32.9 Å². The van der Waals surface area contributed by atoms with Crippen molar-refractivity contribution >= 4 is 15.7 Å². The van der Waals surface area contributed by atoms with Gasteiger partial charge in [0.05, 0.1) is 16.2 Å². The molecule has 0 aliphatic heterocycles. The summed E-state index contributed by atoms with van der Waals surface area (Å²) >= 11 is 0. The van der Waals surface area contributed by atoms with Crippen molar-refractivity contribution in [1.29, 1.82) is 0 Å². The fourth-order valence-corrected chi connectivity index (χ4v) is 3.81. The average Bonchev–Trinajstić information content (AvgIpc) is 2.46. The number of hydrogen-bond donors (Lipinski definition) is 1. The van der Waals surface area contributed by atoms with Crippen molar-refractivity contribution in [3.63, 3.8) is 0 Å². The Bertz CT molecular complexity index is 624. The molecule has 0 aromatic heterocycles. The Morgan fingerprint density at radius 1 is 1.27 bits per heavy atom. The second kappa shape index (κ2) is 7.24. The number of hydrogen-bond acceptors (Lipinski definition) is 4. The lowest BCUT2D eigenvalue weighted by molar-refractivity contribution is 0.0736. The van der Waals surface area contributed by atoms with Crippen LogP contribution in [0.4, 0.5) is 0 Å². The van der Waals surface area contributed by atoms with Crippen LogP contribution in [0.3, 0.4) is 0 Å². The fourth-order valence-electron chi connectivity index (χ4n) is 2.28. The Hall–Kier alpha value is -1.40. The molecular weight excluding hydrogens is 300 g/mol. The fraction of sp³-hybridized carbons (Fsp3) is 0.562. The Labute approximate surface area is 133 Å². The van der Waals surface area contributed by atoms with Gasteiger partial charge in [0.2, 0.25) is 0 Å². The number of carbonyl (C=O) groups is 1. The molecule has 1 amide bonds. The summed E-state index contributed by atoms with van der Waals surface area (Å²) in [6.07, 6.45) is 0.515. The summed E-state index contributed by atoms with van der Waals surface area (Å²) in [6.45, 7) is 6.65. The normalized spacial score (nSPS) is 12.2. The molecule has 5 nitrogen and oxygen atoms in total. The minimum atomic E-state index is -3.44. The molecule has 0 radical (unpaired) electrons. The average molecular weight is 326 g/mol. The summed E-state index contributed by atoms with van der Waals surface area (Å²) in [4.78, 5) is 14.3. The standard InChI is InChI=1S/C16H26N2O3S/c1-5-10-22(20,21)14-9-7-6-8-13(14)15(19)18(4)12-16(2,3)11-17/h6-9H,5,10-12,17H2,1-4H3. The van der Waals surface area contributed by atoms with Crippen LogP contribution in [0, 0.1) is 5.41 Å². The third kappa shape index (κ3) is 4.55. The molecule has 0 saturated carbocycles. The van der Waals surface area contributed by atoms with Crippen LogP contribution in [0.2, 0.25) is 0 Å². The van der Waals surface area contributed by atoms with Crippen molar-refractivity contribution < 1.29 is 13.2 Å². The third-order valence-corrected chi connectivity index (χ3v) is 5.46. The minimum absolute atomic E-state index is 0.0370. The van der Waals surface area contributed by atoms with Gasteiger partial charge in [-0.05, 0) is 30.5 Å². The van der Waals surface area contributed by atoms with Crippen molar-refractivity contribution in [3.8, 4) is 0 Å². The van der Waals surface area contributed by atoms with E-state index in [4.69, 9.17) is 5.73 Å². The van der Waals surface area contributed by atoms with Crippen LogP contribution in [0.15, 0.2) is 29.2 Å². The van der Waals surface area contributed by atoms with Gasteiger partial charge in [0.1, 0.15) is 0 Å². The monoisotopic (exact) mass is 326 g/mol. The molecule has 124 valence electrons. The number of sulfone groups is 1. The maximum atomic E-state index is 12.6. The molecule has 2 N–H and O–H groups in total. The van der Waals surface area contributed by atoms with Gasteiger partial charge in [0.15, 0.2) is 9.84 Å². The first-order valence-electron chi connectivity index (χ1n) is 7.42. The summed E-state index contributed by atoms with van der Waals surface area (Å²) in [6, 6.07) is 6.39. The summed E-state index contributed by atoms with van der Waals surface area (Å²) in [7, 11) is -1.77. The highest BCUT2D eigenvalue weighted by molar-refractivity contribution is 7.91. The van der Waals surface area contributed by atoms with Crippen LogP contribution >= 0.6 is 0 Å². The van der Waals surface area contributed by atoms with Crippen molar-refractivity contribution in [3.05, 3.63) is 29.8 Å². The number of rotatable bonds is 7. The highest BCUT2D eigenvalue weighted by atomic mass is 32.2. The van der Waals surface area contributed by atoms with Crippen LogP contribution in [0.25, 0.3) is 0 Å². The molecule has 0 saturated heterocycles. The van der Waals surface area contributed by atoms with Gasteiger partial charge < -0.3 is 10.6 Å². The van der Waals surface area contributed by atoms with Crippen molar-refractivity contribution in [1.82, 2.24) is 4.90 Å². The molecule has 0 aliphatic rings. The molecule has 0 fully saturated rings. The summed E-state index contributed by atoms with van der Waals surface area (Å²) in [5, 5.41) is 0. The van der Waals surface area contributed by atoms with Gasteiger partial charge >= 0.3 is 0 Å². The smallest absolute Gasteiger partial charge is 0.254 e. The Balaban J connectivity index is 3.15. The third-order valence-electron chi connectivity index (χ3n) is 3.49. The molecule has 0 bridgehead atoms. The summed E-state index contributed by atoms with van der Waals surface area (Å²) in [5.41, 5.74) is 5.71. The van der Waals surface area contributed by atoms with E-state index in [1.54, 1.807) is 32.2 Å². The first kappa shape index (κ1) is 18.6. The van der Waals surface area contributed by atoms with E-state index < -0.39 is 9.84 Å². The quantitative estimate of drug-likeness (QED) is 0.830. The SMILES string of the molecule is CCCS(=O)(=O)c1ccccc1C(=O)N(C)CC(C)(C)CN. The van der Waals surface area contributed by atoms with Crippen LogP contribution < -0.4 is 5.73 Å². The number of nitrogens with zero attached hydrogens (tertiary/aromatic N) is 1. The molecule has 0 atom stereocenters. The zero-order valence-corrected chi connectivity index (χ0v) is 14.6. The number of carbonyl (C=O) groups excluding carboxylic acids is 1. The summed E-state index contributed by atoms with van der Waals surface area (Å²) < 4.78 is 24.7. The second-order valence-corrected chi connectivity index (χ2v) is 8.42. The van der Waals surface area contributed by atoms with Gasteiger partial charge in [-0.2, -0.15) is 0 Å². The van der Waals surface area contributed by atoms with Crippen molar-refractivity contribution in [2.24, 2.45) is 11.1 Å². The van der Waals surface area contributed by atoms with Gasteiger partial charge in [-0.25, -0.2) is 8.42 Å². The largest absolute Gasteiger partial charge is 0.341 e. The van der Waals surface area contributed by atoms with E-state index >= 15 is 0 Å². The molecule has 1 aromatic carbocycles. The van der Waals surface area contributed by atoms with E-state index in [1.165, 1.54) is 11.0 Å². The van der Waals surface area contributed by atoms with E-state index in [2.05, 4.69) is 0 Å². The van der Waals surface area contributed by atoms with Gasteiger partial charge in [-0.15, -0.1) is 0 Å². The zero-order valence-electron chi connectivity index (χ0n) is 13.8. The van der Waals surface area contributed by atoms with E-state index in [0.29, 0.717) is 19.5 Å². The first-order valence-corrected chi connectivity index (χ1v) is 9.07. The van der Waals surface area contributed by atoms with Crippen LogP contribution in [0.5, 0.6) is 0 Å². The van der Waals surface area contributed by atoms with Gasteiger partial charge in [-0.3, -0.25) is 4.79 Å². The predicted octanol–water partition coefficient (Wildman–Crippen LogP) is 1.93. The Morgan fingerprint density at radius 2 is 1.86 bits per heavy atom. The molecule has 1 aromatic rings. The van der Waals surface area contributed by atoms with Gasteiger partial charge in [0, 0.05) is 13.6 Å². The van der Waals surface area contributed by atoms with Gasteiger partial charge in [0.25, 0.3) is 5.91 Å². The highest BCUT2D eigenvalue weighted by Gasteiger charge is 2.26. The van der Waals surface area contributed by atoms with Crippen molar-refractivity contribution in [2.75, 3.05) is 25.9 Å². The number of amides is 1. The maximum absolute atomic E-state index is 12.6.